The summed E-state index contributed by atoms with van der Waals surface area (Å²) in [4.78, 5) is 81.9. The van der Waals surface area contributed by atoms with Crippen molar-refractivity contribution in [1.29, 1.82) is 0 Å². The highest BCUT2D eigenvalue weighted by atomic mass is 16.6. The van der Waals surface area contributed by atoms with Crippen LogP contribution in [-0.2, 0) is 28.7 Å². The van der Waals surface area contributed by atoms with E-state index < -0.39 is 64.8 Å². The van der Waals surface area contributed by atoms with Gasteiger partial charge in [0.25, 0.3) is 5.91 Å². The molecule has 12 nitrogen and oxygen atoms in total. The zero-order valence-electron chi connectivity index (χ0n) is 29.8. The summed E-state index contributed by atoms with van der Waals surface area (Å²) in [6.07, 6.45) is 5.88. The van der Waals surface area contributed by atoms with Gasteiger partial charge in [-0.3, -0.25) is 19.2 Å². The summed E-state index contributed by atoms with van der Waals surface area (Å²) in [6, 6.07) is -4.48. The maximum atomic E-state index is 14.6. The molecule has 3 fully saturated rings. The Kier molecular flexibility index (Phi) is 11.9. The number of fused-ring (bicyclic) bond motifs is 1. The third-order valence-corrected chi connectivity index (χ3v) is 10.3. The lowest BCUT2D eigenvalue weighted by Gasteiger charge is -2.43. The molecule has 12 heteroatoms. The van der Waals surface area contributed by atoms with Crippen molar-refractivity contribution in [3.8, 4) is 0 Å². The van der Waals surface area contributed by atoms with E-state index in [-0.39, 0.29) is 42.0 Å². The molecule has 6 atom stereocenters. The van der Waals surface area contributed by atoms with E-state index in [0.29, 0.717) is 19.4 Å². The number of nitrogens with zero attached hydrogens (tertiary/aromatic N) is 1. The smallest absolute Gasteiger partial charge is 0.329 e. The molecular formula is C35H57N5O7. The first kappa shape index (κ1) is 38.0. The molecule has 1 unspecified atom stereocenters. The van der Waals surface area contributed by atoms with Gasteiger partial charge in [-0.25, -0.2) is 9.59 Å². The van der Waals surface area contributed by atoms with Gasteiger partial charge in [0, 0.05) is 13.1 Å². The van der Waals surface area contributed by atoms with Gasteiger partial charge in [-0.2, -0.15) is 0 Å². The van der Waals surface area contributed by atoms with E-state index in [0.717, 1.165) is 19.3 Å². The molecule has 2 aliphatic carbocycles. The number of rotatable bonds is 13. The third-order valence-electron chi connectivity index (χ3n) is 10.3. The number of hydrogen-bond donors (Lipinski definition) is 4. The van der Waals surface area contributed by atoms with E-state index in [4.69, 9.17) is 4.74 Å². The average Bonchev–Trinajstić information content (AvgIpc) is 3.29. The van der Waals surface area contributed by atoms with Crippen LogP contribution in [0.2, 0.25) is 0 Å². The number of Topliss-reactive ketones (excluding diaryl/α,β-unsaturated/α-hetero) is 1. The minimum Gasteiger partial charge on any atom is -0.458 e. The van der Waals surface area contributed by atoms with Gasteiger partial charge in [0.15, 0.2) is 0 Å². The van der Waals surface area contributed by atoms with Crippen LogP contribution in [0.3, 0.4) is 0 Å². The van der Waals surface area contributed by atoms with E-state index in [1.807, 2.05) is 6.92 Å². The molecule has 1 aliphatic heterocycles. The normalized spacial score (nSPS) is 24.6. The number of carbonyl (C=O) groups excluding carboxylic acids is 6. The molecule has 4 N–H and O–H groups in total. The number of carbonyl (C=O) groups is 6. The number of amides is 5. The molecule has 0 aromatic carbocycles. The fraction of sp³-hybridized carbons (Fsp3) is 0.771. The number of likely N-dealkylation sites (tertiary alicyclic amines) is 1. The van der Waals surface area contributed by atoms with E-state index in [2.05, 4.69) is 41.7 Å². The molecule has 0 spiro atoms. The van der Waals surface area contributed by atoms with Crippen molar-refractivity contribution in [3.63, 3.8) is 0 Å². The molecule has 3 aliphatic rings. The van der Waals surface area contributed by atoms with E-state index in [1.54, 1.807) is 46.4 Å². The maximum absolute atomic E-state index is 14.6. The van der Waals surface area contributed by atoms with Crippen LogP contribution in [0.4, 0.5) is 4.79 Å². The standard InChI is InChI=1S/C35H57N5O7/c1-11-18-36-29(43)26(41)22(12-2)37-28(42)25-23-21(34(23,8)9)19-40(25)30(44)27(35(10)16-14-13-15-17-35)39-32(46)38-24(20(3)4)31(45)47-33(5,6)7/h11,20-25,27H,1,12-19H2,2-10H3,(H,36,43)(H,37,42)(H2,38,39,46)/t21-,22?,23-,24-,25-,27+/m0/s1. The minimum atomic E-state index is -1.05. The maximum Gasteiger partial charge on any atom is 0.329 e. The number of ether oxygens (including phenoxy) is 1. The van der Waals surface area contributed by atoms with Gasteiger partial charge in [0.05, 0.1) is 6.04 Å². The zero-order chi connectivity index (χ0) is 35.5. The highest BCUT2D eigenvalue weighted by Gasteiger charge is 2.70. The first-order valence-electron chi connectivity index (χ1n) is 17.1. The lowest BCUT2D eigenvalue weighted by atomic mass is 9.70. The van der Waals surface area contributed by atoms with Crippen molar-refractivity contribution in [2.45, 2.75) is 131 Å². The molecular weight excluding hydrogens is 602 g/mol. The Bertz CT molecular complexity index is 1230. The second-order valence-corrected chi connectivity index (χ2v) is 15.7. The van der Waals surface area contributed by atoms with Crippen LogP contribution < -0.4 is 21.3 Å². The van der Waals surface area contributed by atoms with Crippen LogP contribution in [-0.4, -0.2) is 83.3 Å². The number of ketones is 1. The summed E-state index contributed by atoms with van der Waals surface area (Å²) in [7, 11) is 0. The quantitative estimate of drug-likeness (QED) is 0.134. The van der Waals surface area contributed by atoms with Gasteiger partial charge in [-0.15, -0.1) is 6.58 Å². The summed E-state index contributed by atoms with van der Waals surface area (Å²) in [5.74, 6) is -3.34. The molecule has 264 valence electrons. The minimum absolute atomic E-state index is 0.0694. The van der Waals surface area contributed by atoms with Crippen molar-refractivity contribution < 1.29 is 33.5 Å². The molecule has 0 aromatic heterocycles. The van der Waals surface area contributed by atoms with Gasteiger partial charge in [0.2, 0.25) is 17.6 Å². The average molecular weight is 660 g/mol. The predicted octanol–water partition coefficient (Wildman–Crippen LogP) is 3.24. The molecule has 3 rings (SSSR count). The monoisotopic (exact) mass is 659 g/mol. The second-order valence-electron chi connectivity index (χ2n) is 15.7. The Balaban J connectivity index is 1.88. The molecule has 1 heterocycles. The molecule has 0 bridgehead atoms. The van der Waals surface area contributed by atoms with Gasteiger partial charge in [0.1, 0.15) is 23.7 Å². The number of piperidine rings is 1. The lowest BCUT2D eigenvalue weighted by Crippen LogP contribution is -2.63. The van der Waals surface area contributed by atoms with Gasteiger partial charge in [-0.1, -0.05) is 66.9 Å². The second kappa shape index (κ2) is 14.8. The zero-order valence-corrected chi connectivity index (χ0v) is 29.8. The van der Waals surface area contributed by atoms with Crippen molar-refractivity contribution in [1.82, 2.24) is 26.2 Å². The highest BCUT2D eigenvalue weighted by molar-refractivity contribution is 6.38. The van der Waals surface area contributed by atoms with Crippen LogP contribution in [0.1, 0.15) is 101 Å². The Labute approximate surface area is 279 Å². The topological polar surface area (TPSA) is 163 Å². The fourth-order valence-electron chi connectivity index (χ4n) is 7.36. The lowest BCUT2D eigenvalue weighted by molar-refractivity contribution is -0.158. The summed E-state index contributed by atoms with van der Waals surface area (Å²) in [6.45, 7) is 20.7. The van der Waals surface area contributed by atoms with Gasteiger partial charge in [-0.05, 0) is 68.6 Å². The van der Waals surface area contributed by atoms with E-state index in [1.165, 1.54) is 6.08 Å². The van der Waals surface area contributed by atoms with E-state index >= 15 is 0 Å². The number of urea groups is 1. The van der Waals surface area contributed by atoms with Crippen LogP contribution in [0.25, 0.3) is 0 Å². The molecule has 1 saturated heterocycles. The first-order chi connectivity index (χ1) is 21.8. The van der Waals surface area contributed by atoms with Gasteiger partial charge < -0.3 is 30.9 Å². The van der Waals surface area contributed by atoms with Crippen molar-refractivity contribution in [3.05, 3.63) is 12.7 Å². The largest absolute Gasteiger partial charge is 0.458 e. The Hall–Kier alpha value is -3.44. The summed E-state index contributed by atoms with van der Waals surface area (Å²) >= 11 is 0. The van der Waals surface area contributed by atoms with Crippen molar-refractivity contribution in [2.24, 2.45) is 28.6 Å². The molecule has 0 radical (unpaired) electrons. The van der Waals surface area contributed by atoms with Crippen molar-refractivity contribution >= 4 is 35.5 Å². The Morgan fingerprint density at radius 3 is 2.13 bits per heavy atom. The Morgan fingerprint density at radius 2 is 1.60 bits per heavy atom. The highest BCUT2D eigenvalue weighted by Crippen LogP contribution is 2.65. The summed E-state index contributed by atoms with van der Waals surface area (Å²) in [5.41, 5.74) is -1.52. The summed E-state index contributed by atoms with van der Waals surface area (Å²) in [5, 5.41) is 10.9. The molecule has 5 amide bonds. The van der Waals surface area contributed by atoms with Crippen LogP contribution in [0.5, 0.6) is 0 Å². The van der Waals surface area contributed by atoms with Gasteiger partial charge >= 0.3 is 12.0 Å². The predicted molar refractivity (Wildman–Crippen MR) is 178 cm³/mol. The fourth-order valence-corrected chi connectivity index (χ4v) is 7.36. The number of nitrogens with one attached hydrogen (secondary N) is 4. The van der Waals surface area contributed by atoms with E-state index in [9.17, 15) is 28.8 Å². The number of hydrogen-bond acceptors (Lipinski definition) is 7. The van der Waals surface area contributed by atoms with Crippen molar-refractivity contribution in [2.75, 3.05) is 13.1 Å². The first-order valence-corrected chi connectivity index (χ1v) is 17.1. The summed E-state index contributed by atoms with van der Waals surface area (Å²) < 4.78 is 5.55. The van der Waals surface area contributed by atoms with Crippen LogP contribution >= 0.6 is 0 Å². The van der Waals surface area contributed by atoms with Crippen LogP contribution in [0, 0.1) is 28.6 Å². The third kappa shape index (κ3) is 8.73. The molecule has 0 aromatic rings. The molecule has 47 heavy (non-hydrogen) atoms. The van der Waals surface area contributed by atoms with Crippen LogP contribution in [0.15, 0.2) is 12.7 Å². The SMILES string of the molecule is C=CCNC(=O)C(=O)C(CC)NC(=O)[C@@H]1[C@@H]2[C@H](CN1C(=O)[C@@H](NC(=O)N[C@H](C(=O)OC(C)(C)C)C(C)C)C1(C)CCCCC1)C2(C)C. The number of esters is 1. The Morgan fingerprint density at radius 1 is 0.979 bits per heavy atom. The molecule has 2 saturated carbocycles.